The number of hydrogen-bond donors (Lipinski definition) is 1. The number of nitrogens with one attached hydrogen (secondary N) is 1. The maximum atomic E-state index is 11.7. The van der Waals surface area contributed by atoms with Crippen molar-refractivity contribution < 1.29 is 14.3 Å². The summed E-state index contributed by atoms with van der Waals surface area (Å²) in [5.74, 6) is 0.302. The van der Waals surface area contributed by atoms with Gasteiger partial charge in [0.1, 0.15) is 5.54 Å². The zero-order valence-corrected chi connectivity index (χ0v) is 9.84. The Morgan fingerprint density at radius 3 is 2.80 bits per heavy atom. The Morgan fingerprint density at radius 2 is 2.33 bits per heavy atom. The van der Waals surface area contributed by atoms with Crippen LogP contribution in [0.15, 0.2) is 0 Å². The summed E-state index contributed by atoms with van der Waals surface area (Å²) >= 11 is 0. The van der Waals surface area contributed by atoms with E-state index in [1.54, 1.807) is 0 Å². The third-order valence-electron chi connectivity index (χ3n) is 2.67. The van der Waals surface area contributed by atoms with Gasteiger partial charge in [-0.2, -0.15) is 0 Å². The van der Waals surface area contributed by atoms with Crippen LogP contribution in [0.5, 0.6) is 0 Å². The first-order chi connectivity index (χ1) is 7.10. The molecule has 1 saturated heterocycles. The molecule has 1 N–H and O–H groups in total. The molecule has 0 amide bonds. The van der Waals surface area contributed by atoms with E-state index in [0.29, 0.717) is 12.5 Å². The van der Waals surface area contributed by atoms with Crippen molar-refractivity contribution in [1.29, 1.82) is 0 Å². The van der Waals surface area contributed by atoms with Crippen molar-refractivity contribution in [3.63, 3.8) is 0 Å². The lowest BCUT2D eigenvalue weighted by Crippen LogP contribution is -2.58. The first-order valence-electron chi connectivity index (χ1n) is 5.52. The van der Waals surface area contributed by atoms with Crippen molar-refractivity contribution >= 4 is 5.97 Å². The van der Waals surface area contributed by atoms with Crippen LogP contribution in [0.25, 0.3) is 0 Å². The highest BCUT2D eigenvalue weighted by Crippen LogP contribution is 2.21. The van der Waals surface area contributed by atoms with Crippen molar-refractivity contribution in [1.82, 2.24) is 5.32 Å². The summed E-state index contributed by atoms with van der Waals surface area (Å²) in [5, 5.41) is 3.29. The second-order valence-corrected chi connectivity index (χ2v) is 4.50. The molecule has 1 fully saturated rings. The minimum absolute atomic E-state index is 0.206. The fraction of sp³-hybridized carbons (Fsp3) is 0.909. The number of carbonyl (C=O) groups excluding carboxylic acids is 1. The molecule has 0 bridgehead atoms. The minimum atomic E-state index is -0.614. The molecule has 0 radical (unpaired) electrons. The minimum Gasteiger partial charge on any atom is -0.468 e. The van der Waals surface area contributed by atoms with Crippen LogP contribution < -0.4 is 5.32 Å². The first-order valence-corrected chi connectivity index (χ1v) is 5.52. The van der Waals surface area contributed by atoms with E-state index < -0.39 is 5.54 Å². The molecule has 1 unspecified atom stereocenters. The van der Waals surface area contributed by atoms with Crippen LogP contribution in [0.3, 0.4) is 0 Å². The number of carbonyl (C=O) groups is 1. The number of esters is 1. The molecule has 0 aliphatic carbocycles. The normalized spacial score (nSPS) is 26.7. The smallest absolute Gasteiger partial charge is 0.328 e. The highest BCUT2D eigenvalue weighted by Gasteiger charge is 2.41. The molecule has 4 heteroatoms. The average Bonchev–Trinajstić information content (AvgIpc) is 2.26. The SMILES string of the molecule is COC(=O)C1(NCC(C)C)CCCOC1. The van der Waals surface area contributed by atoms with Crippen molar-refractivity contribution in [3.8, 4) is 0 Å². The van der Waals surface area contributed by atoms with Gasteiger partial charge in [0.25, 0.3) is 0 Å². The van der Waals surface area contributed by atoms with Gasteiger partial charge in [0.15, 0.2) is 0 Å². The van der Waals surface area contributed by atoms with Crippen LogP contribution >= 0.6 is 0 Å². The maximum absolute atomic E-state index is 11.7. The molecule has 0 aromatic rings. The quantitative estimate of drug-likeness (QED) is 0.709. The molecule has 1 heterocycles. The lowest BCUT2D eigenvalue weighted by molar-refractivity contribution is -0.154. The molecule has 4 nitrogen and oxygen atoms in total. The molecule has 0 aromatic carbocycles. The van der Waals surface area contributed by atoms with Crippen LogP contribution in [-0.4, -0.2) is 38.4 Å². The Bertz CT molecular complexity index is 210. The monoisotopic (exact) mass is 215 g/mol. The van der Waals surface area contributed by atoms with E-state index in [0.717, 1.165) is 26.0 Å². The Kier molecular flexibility index (Phi) is 4.54. The van der Waals surface area contributed by atoms with E-state index in [-0.39, 0.29) is 5.97 Å². The second kappa shape index (κ2) is 5.47. The number of ether oxygens (including phenoxy) is 2. The highest BCUT2D eigenvalue weighted by molar-refractivity contribution is 5.81. The summed E-state index contributed by atoms with van der Waals surface area (Å²) in [5.41, 5.74) is -0.614. The molecule has 0 saturated carbocycles. The zero-order chi connectivity index (χ0) is 11.3. The number of rotatable bonds is 4. The van der Waals surface area contributed by atoms with Gasteiger partial charge < -0.3 is 9.47 Å². The van der Waals surface area contributed by atoms with E-state index in [1.807, 2.05) is 0 Å². The maximum Gasteiger partial charge on any atom is 0.328 e. The van der Waals surface area contributed by atoms with Gasteiger partial charge in [-0.25, -0.2) is 4.79 Å². The Morgan fingerprint density at radius 1 is 1.60 bits per heavy atom. The fourth-order valence-corrected chi connectivity index (χ4v) is 1.76. The van der Waals surface area contributed by atoms with E-state index in [4.69, 9.17) is 9.47 Å². The summed E-state index contributed by atoms with van der Waals surface area (Å²) < 4.78 is 10.2. The summed E-state index contributed by atoms with van der Waals surface area (Å²) in [6.07, 6.45) is 1.70. The number of hydrogen-bond acceptors (Lipinski definition) is 4. The molecule has 1 rings (SSSR count). The zero-order valence-electron chi connectivity index (χ0n) is 9.84. The van der Waals surface area contributed by atoms with E-state index >= 15 is 0 Å². The van der Waals surface area contributed by atoms with Crippen LogP contribution in [0.2, 0.25) is 0 Å². The van der Waals surface area contributed by atoms with Crippen LogP contribution in [0.1, 0.15) is 26.7 Å². The highest BCUT2D eigenvalue weighted by atomic mass is 16.5. The molecular weight excluding hydrogens is 194 g/mol. The summed E-state index contributed by atoms with van der Waals surface area (Å²) in [6, 6.07) is 0. The first kappa shape index (κ1) is 12.5. The summed E-state index contributed by atoms with van der Waals surface area (Å²) in [6.45, 7) is 6.19. The third kappa shape index (κ3) is 3.18. The molecule has 88 valence electrons. The van der Waals surface area contributed by atoms with Gasteiger partial charge in [-0.15, -0.1) is 0 Å². The van der Waals surface area contributed by atoms with Gasteiger partial charge in [0, 0.05) is 6.61 Å². The molecule has 0 spiro atoms. The van der Waals surface area contributed by atoms with Crippen LogP contribution in [-0.2, 0) is 14.3 Å². The van der Waals surface area contributed by atoms with Crippen molar-refractivity contribution in [2.45, 2.75) is 32.2 Å². The topological polar surface area (TPSA) is 47.6 Å². The molecule has 15 heavy (non-hydrogen) atoms. The van der Waals surface area contributed by atoms with Gasteiger partial charge in [0.05, 0.1) is 13.7 Å². The molecule has 1 aliphatic heterocycles. The summed E-state index contributed by atoms with van der Waals surface area (Å²) in [4.78, 5) is 11.7. The van der Waals surface area contributed by atoms with E-state index in [2.05, 4.69) is 19.2 Å². The third-order valence-corrected chi connectivity index (χ3v) is 2.67. The predicted molar refractivity (Wildman–Crippen MR) is 57.6 cm³/mol. The standard InChI is InChI=1S/C11H21NO3/c1-9(2)7-12-11(10(13)14-3)5-4-6-15-8-11/h9,12H,4-8H2,1-3H3. The van der Waals surface area contributed by atoms with Crippen molar-refractivity contribution in [2.75, 3.05) is 26.9 Å². The summed E-state index contributed by atoms with van der Waals surface area (Å²) in [7, 11) is 1.43. The molecule has 1 atom stereocenters. The molecular formula is C11H21NO3. The van der Waals surface area contributed by atoms with Gasteiger partial charge in [-0.3, -0.25) is 5.32 Å². The number of methoxy groups -OCH3 is 1. The van der Waals surface area contributed by atoms with Gasteiger partial charge in [-0.1, -0.05) is 13.8 Å². The van der Waals surface area contributed by atoms with Crippen LogP contribution in [0, 0.1) is 5.92 Å². The lowest BCUT2D eigenvalue weighted by Gasteiger charge is -2.35. The lowest BCUT2D eigenvalue weighted by atomic mass is 9.92. The largest absolute Gasteiger partial charge is 0.468 e. The second-order valence-electron chi connectivity index (χ2n) is 4.50. The fourth-order valence-electron chi connectivity index (χ4n) is 1.76. The van der Waals surface area contributed by atoms with Crippen LogP contribution in [0.4, 0.5) is 0 Å². The predicted octanol–water partition coefficient (Wildman–Crippen LogP) is 0.954. The Labute approximate surface area is 91.3 Å². The van der Waals surface area contributed by atoms with Crippen molar-refractivity contribution in [3.05, 3.63) is 0 Å². The van der Waals surface area contributed by atoms with Gasteiger partial charge in [0.2, 0.25) is 0 Å². The van der Waals surface area contributed by atoms with Crippen molar-refractivity contribution in [2.24, 2.45) is 5.92 Å². The van der Waals surface area contributed by atoms with Gasteiger partial charge >= 0.3 is 5.97 Å². The Balaban J connectivity index is 2.62. The Hall–Kier alpha value is -0.610. The average molecular weight is 215 g/mol. The van der Waals surface area contributed by atoms with E-state index in [1.165, 1.54) is 7.11 Å². The van der Waals surface area contributed by atoms with Gasteiger partial charge in [-0.05, 0) is 25.3 Å². The molecule has 1 aliphatic rings. The molecule has 0 aromatic heterocycles. The van der Waals surface area contributed by atoms with E-state index in [9.17, 15) is 4.79 Å².